The predicted molar refractivity (Wildman–Crippen MR) is 68.4 cm³/mol. The highest BCUT2D eigenvalue weighted by atomic mass is 32.2. The first-order chi connectivity index (χ1) is 7.27. The molecule has 2 unspecified atom stereocenters. The van der Waals surface area contributed by atoms with Gasteiger partial charge in [-0.2, -0.15) is 23.5 Å². The summed E-state index contributed by atoms with van der Waals surface area (Å²) in [5, 5.41) is 0.718. The van der Waals surface area contributed by atoms with Gasteiger partial charge in [-0.3, -0.25) is 0 Å². The minimum absolute atomic E-state index is 0.0775. The molecule has 5 heteroatoms. The molecule has 0 saturated carbocycles. The molecule has 1 aliphatic rings. The molecular formula is C10H17N3S2. The molecule has 0 radical (unpaired) electrons. The van der Waals surface area contributed by atoms with E-state index < -0.39 is 0 Å². The van der Waals surface area contributed by atoms with Gasteiger partial charge in [0.15, 0.2) is 0 Å². The number of rotatable bonds is 3. The Bertz CT molecular complexity index is 305. The topological polar surface area (TPSA) is 43.8 Å². The van der Waals surface area contributed by atoms with Crippen molar-refractivity contribution in [1.82, 2.24) is 9.55 Å². The summed E-state index contributed by atoms with van der Waals surface area (Å²) in [6, 6.07) is 0.0775. The maximum atomic E-state index is 5.89. The SMILES string of the molecule is CC(N)c1cncn1CC1CSCCS1. The van der Waals surface area contributed by atoms with Crippen LogP contribution in [0.15, 0.2) is 12.5 Å². The number of nitrogens with zero attached hydrogens (tertiary/aromatic N) is 2. The molecule has 2 N–H and O–H groups in total. The van der Waals surface area contributed by atoms with E-state index >= 15 is 0 Å². The van der Waals surface area contributed by atoms with Crippen molar-refractivity contribution in [3.8, 4) is 0 Å². The summed E-state index contributed by atoms with van der Waals surface area (Å²) in [5.41, 5.74) is 7.04. The first-order valence-electron chi connectivity index (χ1n) is 5.22. The number of nitrogens with two attached hydrogens (primary N) is 1. The second-order valence-electron chi connectivity index (χ2n) is 3.83. The molecule has 0 amide bonds. The first-order valence-corrected chi connectivity index (χ1v) is 7.42. The van der Waals surface area contributed by atoms with Crippen molar-refractivity contribution in [1.29, 1.82) is 0 Å². The molecule has 0 bridgehead atoms. The van der Waals surface area contributed by atoms with Crippen LogP contribution >= 0.6 is 23.5 Å². The van der Waals surface area contributed by atoms with Gasteiger partial charge in [0.05, 0.1) is 12.0 Å². The zero-order valence-corrected chi connectivity index (χ0v) is 10.6. The highest BCUT2D eigenvalue weighted by Crippen LogP contribution is 2.25. The summed E-state index contributed by atoms with van der Waals surface area (Å²) in [4.78, 5) is 4.18. The van der Waals surface area contributed by atoms with E-state index in [1.165, 1.54) is 17.3 Å². The van der Waals surface area contributed by atoms with Gasteiger partial charge in [0.2, 0.25) is 0 Å². The average molecular weight is 243 g/mol. The standard InChI is InChI=1S/C10H17N3S2/c1-8(11)10-4-12-7-13(10)5-9-6-14-2-3-15-9/h4,7-9H,2-3,5-6,11H2,1H3. The van der Waals surface area contributed by atoms with E-state index in [2.05, 4.69) is 33.1 Å². The summed E-state index contributed by atoms with van der Waals surface area (Å²) < 4.78 is 2.20. The van der Waals surface area contributed by atoms with Crippen molar-refractivity contribution in [3.05, 3.63) is 18.2 Å². The van der Waals surface area contributed by atoms with Gasteiger partial charge in [-0.05, 0) is 6.92 Å². The third-order valence-electron chi connectivity index (χ3n) is 2.50. The lowest BCUT2D eigenvalue weighted by molar-refractivity contribution is 0.624. The lowest BCUT2D eigenvalue weighted by Crippen LogP contribution is -2.22. The fraction of sp³-hybridized carbons (Fsp3) is 0.700. The summed E-state index contributed by atoms with van der Waals surface area (Å²) in [5.74, 6) is 3.82. The molecule has 2 heterocycles. The molecule has 2 atom stereocenters. The Balaban J connectivity index is 1.99. The number of imidazole rings is 1. The number of thioether (sulfide) groups is 2. The second kappa shape index (κ2) is 5.27. The van der Waals surface area contributed by atoms with Crippen LogP contribution in [0.4, 0.5) is 0 Å². The van der Waals surface area contributed by atoms with E-state index in [1.807, 2.05) is 19.4 Å². The molecular weight excluding hydrogens is 226 g/mol. The van der Waals surface area contributed by atoms with Gasteiger partial charge in [0, 0.05) is 41.3 Å². The van der Waals surface area contributed by atoms with Gasteiger partial charge in [-0.25, -0.2) is 4.98 Å². The molecule has 84 valence electrons. The quantitative estimate of drug-likeness (QED) is 0.878. The smallest absolute Gasteiger partial charge is 0.0949 e. The fourth-order valence-corrected chi connectivity index (χ4v) is 4.39. The number of hydrogen-bond donors (Lipinski definition) is 1. The maximum absolute atomic E-state index is 5.89. The second-order valence-corrected chi connectivity index (χ2v) is 6.39. The minimum Gasteiger partial charge on any atom is -0.332 e. The van der Waals surface area contributed by atoms with Crippen molar-refractivity contribution in [2.45, 2.75) is 24.8 Å². The Hall–Kier alpha value is -0.130. The Kier molecular flexibility index (Phi) is 3.99. The van der Waals surface area contributed by atoms with Crippen LogP contribution in [0.2, 0.25) is 0 Å². The Morgan fingerprint density at radius 1 is 1.67 bits per heavy atom. The van der Waals surface area contributed by atoms with Gasteiger partial charge in [0.1, 0.15) is 0 Å². The fourth-order valence-electron chi connectivity index (χ4n) is 1.72. The molecule has 0 aliphatic carbocycles. The van der Waals surface area contributed by atoms with E-state index in [4.69, 9.17) is 5.73 Å². The molecule has 1 fully saturated rings. The number of aromatic nitrogens is 2. The van der Waals surface area contributed by atoms with E-state index in [-0.39, 0.29) is 6.04 Å². The molecule has 0 spiro atoms. The van der Waals surface area contributed by atoms with E-state index in [0.717, 1.165) is 17.5 Å². The van der Waals surface area contributed by atoms with Crippen LogP contribution < -0.4 is 5.73 Å². The van der Waals surface area contributed by atoms with Crippen LogP contribution in [0.5, 0.6) is 0 Å². The van der Waals surface area contributed by atoms with Crippen LogP contribution in [0.25, 0.3) is 0 Å². The normalized spacial score (nSPS) is 24.0. The van der Waals surface area contributed by atoms with Gasteiger partial charge in [-0.15, -0.1) is 0 Å². The molecule has 2 rings (SSSR count). The summed E-state index contributed by atoms with van der Waals surface area (Å²) in [6.45, 7) is 3.06. The van der Waals surface area contributed by atoms with Gasteiger partial charge in [-0.1, -0.05) is 0 Å². The Morgan fingerprint density at radius 2 is 2.53 bits per heavy atom. The molecule has 1 aromatic heterocycles. The zero-order chi connectivity index (χ0) is 10.7. The Labute approximate surface area is 99.2 Å². The van der Waals surface area contributed by atoms with Gasteiger partial charge in [0.25, 0.3) is 0 Å². The van der Waals surface area contributed by atoms with Gasteiger partial charge >= 0.3 is 0 Å². The average Bonchev–Trinajstić information content (AvgIpc) is 2.67. The monoisotopic (exact) mass is 243 g/mol. The molecule has 3 nitrogen and oxygen atoms in total. The highest BCUT2D eigenvalue weighted by Gasteiger charge is 2.16. The lowest BCUT2D eigenvalue weighted by Gasteiger charge is -2.22. The minimum atomic E-state index is 0.0775. The Morgan fingerprint density at radius 3 is 3.20 bits per heavy atom. The predicted octanol–water partition coefficient (Wildman–Crippen LogP) is 1.75. The van der Waals surface area contributed by atoms with Crippen molar-refractivity contribution in [3.63, 3.8) is 0 Å². The largest absolute Gasteiger partial charge is 0.332 e. The third-order valence-corrected chi connectivity index (χ3v) is 5.32. The molecule has 15 heavy (non-hydrogen) atoms. The molecule has 0 aromatic carbocycles. The van der Waals surface area contributed by atoms with Crippen LogP contribution in [-0.4, -0.2) is 32.1 Å². The summed E-state index contributed by atoms with van der Waals surface area (Å²) in [6.07, 6.45) is 3.78. The van der Waals surface area contributed by atoms with Crippen LogP contribution in [0.3, 0.4) is 0 Å². The van der Waals surface area contributed by atoms with E-state index in [0.29, 0.717) is 0 Å². The van der Waals surface area contributed by atoms with Crippen molar-refractivity contribution >= 4 is 23.5 Å². The van der Waals surface area contributed by atoms with Crippen LogP contribution in [0.1, 0.15) is 18.7 Å². The lowest BCUT2D eigenvalue weighted by atomic mass is 10.2. The van der Waals surface area contributed by atoms with Crippen molar-refractivity contribution < 1.29 is 0 Å². The van der Waals surface area contributed by atoms with Crippen LogP contribution in [-0.2, 0) is 6.54 Å². The molecule has 1 aromatic rings. The molecule has 1 saturated heterocycles. The summed E-state index contributed by atoms with van der Waals surface area (Å²) >= 11 is 4.12. The van der Waals surface area contributed by atoms with E-state index in [1.54, 1.807) is 0 Å². The molecule has 1 aliphatic heterocycles. The first kappa shape index (κ1) is 11.4. The van der Waals surface area contributed by atoms with Gasteiger partial charge < -0.3 is 10.3 Å². The van der Waals surface area contributed by atoms with Crippen molar-refractivity contribution in [2.24, 2.45) is 5.73 Å². The van der Waals surface area contributed by atoms with Crippen molar-refractivity contribution in [2.75, 3.05) is 17.3 Å². The van der Waals surface area contributed by atoms with Crippen LogP contribution in [0, 0.1) is 0 Å². The number of hydrogen-bond acceptors (Lipinski definition) is 4. The zero-order valence-electron chi connectivity index (χ0n) is 8.93. The van der Waals surface area contributed by atoms with E-state index in [9.17, 15) is 0 Å². The maximum Gasteiger partial charge on any atom is 0.0949 e. The third kappa shape index (κ3) is 2.92. The summed E-state index contributed by atoms with van der Waals surface area (Å²) in [7, 11) is 0. The highest BCUT2D eigenvalue weighted by molar-refractivity contribution is 8.06.